The lowest BCUT2D eigenvalue weighted by Crippen LogP contribution is -2.51. The Kier molecular flexibility index (Phi) is 5.88. The number of ketones is 1. The normalized spacial score (nSPS) is 13.6. The smallest absolute Gasteiger partial charge is 0.295 e. The van der Waals surface area contributed by atoms with Gasteiger partial charge < -0.3 is 19.5 Å². The number of hydrogen-bond acceptors (Lipinski definition) is 11. The summed E-state index contributed by atoms with van der Waals surface area (Å²) in [7, 11) is 1.49. The van der Waals surface area contributed by atoms with Gasteiger partial charge in [-0.1, -0.05) is 11.2 Å². The first kappa shape index (κ1) is 23.1. The molecule has 6 heterocycles. The zero-order valence-corrected chi connectivity index (χ0v) is 20.2. The van der Waals surface area contributed by atoms with Gasteiger partial charge in [-0.05, 0) is 22.6 Å². The summed E-state index contributed by atoms with van der Waals surface area (Å²) in [5.41, 5.74) is 1.98. The quantitative estimate of drug-likeness (QED) is 0.255. The molecule has 1 amide bonds. The fourth-order valence-corrected chi connectivity index (χ4v) is 4.47. The van der Waals surface area contributed by atoms with E-state index in [2.05, 4.69) is 40.4 Å². The van der Waals surface area contributed by atoms with Crippen LogP contribution in [0.15, 0.2) is 55.5 Å². The zero-order valence-electron chi connectivity index (χ0n) is 20.2. The number of carbonyl (C=O) groups is 2. The Morgan fingerprint density at radius 1 is 1.03 bits per heavy atom. The van der Waals surface area contributed by atoms with Crippen molar-refractivity contribution in [2.75, 3.05) is 38.2 Å². The molecule has 0 unspecified atom stereocenters. The van der Waals surface area contributed by atoms with Gasteiger partial charge in [-0.2, -0.15) is 4.68 Å². The van der Waals surface area contributed by atoms with Crippen molar-refractivity contribution in [3.63, 3.8) is 0 Å². The van der Waals surface area contributed by atoms with Crippen molar-refractivity contribution in [1.82, 2.24) is 50.0 Å². The maximum atomic E-state index is 13.4. The number of piperazine rings is 1. The van der Waals surface area contributed by atoms with Crippen LogP contribution < -0.4 is 9.64 Å². The second-order valence-corrected chi connectivity index (χ2v) is 8.44. The first-order chi connectivity index (χ1) is 18.7. The predicted octanol–water partition coefficient (Wildman–Crippen LogP) is 0.931. The number of nitrogens with one attached hydrogen (secondary N) is 1. The van der Waals surface area contributed by atoms with E-state index in [1.807, 2.05) is 17.0 Å². The number of tetrazole rings is 1. The first-order valence-electron chi connectivity index (χ1n) is 11.7. The van der Waals surface area contributed by atoms with Gasteiger partial charge in [-0.15, -0.1) is 0 Å². The van der Waals surface area contributed by atoms with E-state index < -0.39 is 11.7 Å². The van der Waals surface area contributed by atoms with Gasteiger partial charge >= 0.3 is 0 Å². The summed E-state index contributed by atoms with van der Waals surface area (Å²) in [6, 6.07) is 5.47. The van der Waals surface area contributed by atoms with Crippen LogP contribution in [0.4, 0.5) is 5.95 Å². The molecule has 1 saturated heterocycles. The van der Waals surface area contributed by atoms with Crippen molar-refractivity contribution in [2.45, 2.75) is 0 Å². The Hall–Kier alpha value is -5.27. The maximum absolute atomic E-state index is 13.4. The number of aromatic nitrogens is 9. The van der Waals surface area contributed by atoms with Crippen LogP contribution in [0.1, 0.15) is 10.4 Å². The zero-order chi connectivity index (χ0) is 26.1. The van der Waals surface area contributed by atoms with E-state index in [1.165, 1.54) is 30.7 Å². The number of H-pyrrole nitrogens is 1. The molecule has 0 aromatic carbocycles. The Labute approximate surface area is 215 Å². The van der Waals surface area contributed by atoms with Crippen LogP contribution in [0.25, 0.3) is 28.0 Å². The number of pyridine rings is 2. The fraction of sp³-hybridized carbons (Fsp3) is 0.208. The van der Waals surface area contributed by atoms with E-state index >= 15 is 0 Å². The van der Waals surface area contributed by atoms with E-state index in [4.69, 9.17) is 4.74 Å². The van der Waals surface area contributed by atoms with Crippen molar-refractivity contribution < 1.29 is 14.3 Å². The third kappa shape index (κ3) is 3.97. The highest BCUT2D eigenvalue weighted by Crippen LogP contribution is 2.34. The Morgan fingerprint density at radius 2 is 1.84 bits per heavy atom. The molecule has 6 rings (SSSR count). The molecule has 5 aromatic rings. The van der Waals surface area contributed by atoms with E-state index in [9.17, 15) is 9.59 Å². The largest absolute Gasteiger partial charge is 0.494 e. The molecular formula is C24H21N11O3. The molecule has 1 aliphatic rings. The Bertz CT molecular complexity index is 1610. The van der Waals surface area contributed by atoms with Crippen molar-refractivity contribution in [2.24, 2.45) is 0 Å². The van der Waals surface area contributed by atoms with Gasteiger partial charge in [0.05, 0.1) is 35.5 Å². The van der Waals surface area contributed by atoms with Gasteiger partial charge in [0.2, 0.25) is 0 Å². The highest BCUT2D eigenvalue weighted by atomic mass is 16.5. The summed E-state index contributed by atoms with van der Waals surface area (Å²) < 4.78 is 7.02. The minimum Gasteiger partial charge on any atom is -0.494 e. The van der Waals surface area contributed by atoms with Gasteiger partial charge in [0.15, 0.2) is 5.82 Å². The number of anilines is 1. The molecule has 1 fully saturated rings. The van der Waals surface area contributed by atoms with Crippen molar-refractivity contribution in [3.05, 3.63) is 61.1 Å². The summed E-state index contributed by atoms with van der Waals surface area (Å²) in [6.07, 6.45) is 9.36. The van der Waals surface area contributed by atoms with E-state index in [0.717, 1.165) is 0 Å². The molecule has 5 aromatic heterocycles. The molecule has 14 heteroatoms. The fourth-order valence-electron chi connectivity index (χ4n) is 4.47. The SMILES string of the molecule is COc1cnc(-c2cncnc2)c2[nH]cc(C(=O)C(=O)N3CCN(c4nnnn4-c4ccccn4)CC3)c12. The Balaban J connectivity index is 1.22. The Morgan fingerprint density at radius 3 is 2.58 bits per heavy atom. The molecule has 0 bridgehead atoms. The van der Waals surface area contributed by atoms with Crippen LogP contribution in [0.5, 0.6) is 5.75 Å². The molecule has 1 aliphatic heterocycles. The summed E-state index contributed by atoms with van der Waals surface area (Å²) in [6.45, 7) is 1.55. The molecule has 0 atom stereocenters. The van der Waals surface area contributed by atoms with Gasteiger partial charge in [-0.25, -0.2) is 15.0 Å². The highest BCUT2D eigenvalue weighted by molar-refractivity contribution is 6.45. The average Bonchev–Trinajstić information content (AvgIpc) is 3.65. The molecule has 1 N–H and O–H groups in total. The lowest BCUT2D eigenvalue weighted by molar-refractivity contribution is -0.126. The number of carbonyl (C=O) groups excluding carboxylic acids is 2. The number of aromatic amines is 1. The van der Waals surface area contributed by atoms with Crippen LogP contribution in [0.2, 0.25) is 0 Å². The molecule has 38 heavy (non-hydrogen) atoms. The van der Waals surface area contributed by atoms with Gasteiger partial charge in [0, 0.05) is 56.5 Å². The average molecular weight is 512 g/mol. The van der Waals surface area contributed by atoms with E-state index in [0.29, 0.717) is 65.9 Å². The van der Waals surface area contributed by atoms with Gasteiger partial charge in [-0.3, -0.25) is 14.6 Å². The third-order valence-corrected chi connectivity index (χ3v) is 6.34. The van der Waals surface area contributed by atoms with Crippen LogP contribution in [-0.2, 0) is 4.79 Å². The lowest BCUT2D eigenvalue weighted by Gasteiger charge is -2.34. The summed E-state index contributed by atoms with van der Waals surface area (Å²) in [5.74, 6) is 0.254. The number of rotatable bonds is 6. The molecular weight excluding hydrogens is 490 g/mol. The second kappa shape index (κ2) is 9.65. The lowest BCUT2D eigenvalue weighted by atomic mass is 10.1. The molecule has 0 aliphatic carbocycles. The van der Waals surface area contributed by atoms with Crippen LogP contribution >= 0.6 is 0 Å². The molecule has 14 nitrogen and oxygen atoms in total. The number of fused-ring (bicyclic) bond motifs is 1. The van der Waals surface area contributed by atoms with Gasteiger partial charge in [0.1, 0.15) is 12.1 Å². The minimum absolute atomic E-state index is 0.212. The van der Waals surface area contributed by atoms with Crippen molar-refractivity contribution in [3.8, 4) is 22.8 Å². The van der Waals surface area contributed by atoms with Crippen molar-refractivity contribution in [1.29, 1.82) is 0 Å². The van der Waals surface area contributed by atoms with E-state index in [1.54, 1.807) is 29.3 Å². The second-order valence-electron chi connectivity index (χ2n) is 8.44. The number of Topliss-reactive ketones (excluding diaryl/α,β-unsaturated/α-hetero) is 1. The molecule has 0 saturated carbocycles. The van der Waals surface area contributed by atoms with Crippen LogP contribution in [0.3, 0.4) is 0 Å². The van der Waals surface area contributed by atoms with Crippen molar-refractivity contribution >= 4 is 28.5 Å². The number of methoxy groups -OCH3 is 1. The van der Waals surface area contributed by atoms with Crippen LogP contribution in [0, 0.1) is 0 Å². The van der Waals surface area contributed by atoms with Gasteiger partial charge in [0.25, 0.3) is 17.6 Å². The highest BCUT2D eigenvalue weighted by Gasteiger charge is 2.31. The number of amides is 1. The first-order valence-corrected chi connectivity index (χ1v) is 11.7. The number of nitrogens with zero attached hydrogens (tertiary/aromatic N) is 10. The maximum Gasteiger partial charge on any atom is 0.295 e. The topological polar surface area (TPSA) is 161 Å². The molecule has 0 spiro atoms. The summed E-state index contributed by atoms with van der Waals surface area (Å²) in [4.78, 5) is 50.1. The van der Waals surface area contributed by atoms with Crippen LogP contribution in [-0.4, -0.2) is 95.0 Å². The monoisotopic (exact) mass is 511 g/mol. The van der Waals surface area contributed by atoms with E-state index in [-0.39, 0.29) is 5.56 Å². The number of ether oxygens (including phenoxy) is 1. The summed E-state index contributed by atoms with van der Waals surface area (Å²) >= 11 is 0. The molecule has 0 radical (unpaired) electrons. The predicted molar refractivity (Wildman–Crippen MR) is 134 cm³/mol. The minimum atomic E-state index is -0.636. The molecule has 190 valence electrons. The summed E-state index contributed by atoms with van der Waals surface area (Å²) in [5, 5.41) is 12.4. The number of hydrogen-bond donors (Lipinski definition) is 1. The standard InChI is InChI=1S/C24H21N11O3/c1-38-17-13-29-20(15-10-25-14-26-11-15)21-19(17)16(12-28-21)22(36)23(37)33-6-8-34(9-7-33)24-30-31-32-35(24)18-4-2-3-5-27-18/h2-5,10-14,28H,6-9H2,1H3. The third-order valence-electron chi connectivity index (χ3n) is 6.34.